The van der Waals surface area contributed by atoms with Gasteiger partial charge in [-0.1, -0.05) is 68.7 Å². The summed E-state index contributed by atoms with van der Waals surface area (Å²) in [7, 11) is 0. The van der Waals surface area contributed by atoms with Gasteiger partial charge in [-0.2, -0.15) is 0 Å². The average molecular weight is 307 g/mol. The second kappa shape index (κ2) is 10.8. The van der Waals surface area contributed by atoms with Crippen molar-refractivity contribution in [3.8, 4) is 0 Å². The molecule has 0 radical (unpaired) electrons. The summed E-state index contributed by atoms with van der Waals surface area (Å²) >= 11 is 0. The molecule has 0 saturated carbocycles. The van der Waals surface area contributed by atoms with E-state index in [2.05, 4.69) is 66.5 Å². The molecule has 1 atom stereocenters. The number of aromatic nitrogens is 1. The Balaban J connectivity index is 1.84. The van der Waals surface area contributed by atoms with E-state index in [1.54, 1.807) is 0 Å². The molecule has 1 aromatic carbocycles. The highest BCUT2D eigenvalue weighted by Crippen LogP contribution is 2.20. The van der Waals surface area contributed by atoms with Crippen LogP contribution in [0.15, 0.2) is 60.9 Å². The molecule has 2 rings (SSSR count). The molecule has 0 amide bonds. The fourth-order valence-corrected chi connectivity index (χ4v) is 2.92. The van der Waals surface area contributed by atoms with Crippen LogP contribution in [0.25, 0.3) is 6.08 Å². The Labute approximate surface area is 141 Å². The first kappa shape index (κ1) is 17.5. The molecule has 0 aliphatic rings. The molecule has 1 unspecified atom stereocenters. The molecular weight excluding hydrogens is 278 g/mol. The summed E-state index contributed by atoms with van der Waals surface area (Å²) in [6.07, 6.45) is 17.5. The van der Waals surface area contributed by atoms with Crippen LogP contribution in [-0.2, 0) is 6.42 Å². The lowest BCUT2D eigenvalue weighted by atomic mass is 9.93. The smallest absolute Gasteiger partial charge is 0.0270 e. The number of hydrogen-bond donors (Lipinski definition) is 0. The standard InChI is InChI=1S/C22H29N/c1-2-3-5-9-21(15-14-20-10-6-4-7-11-20)12-8-13-22-16-18-23-19-17-22/h4,6-7,10-11,14-19,21H,2-3,5,8-9,12-13H2,1H3/b15-14+. The van der Waals surface area contributed by atoms with Crippen molar-refractivity contribution in [2.75, 3.05) is 0 Å². The Hall–Kier alpha value is -1.89. The van der Waals surface area contributed by atoms with Crippen LogP contribution in [0, 0.1) is 5.92 Å². The maximum atomic E-state index is 4.09. The molecule has 1 nitrogen and oxygen atoms in total. The molecule has 0 spiro atoms. The molecule has 1 heteroatoms. The molecule has 23 heavy (non-hydrogen) atoms. The third-order valence-electron chi connectivity index (χ3n) is 4.33. The molecular formula is C22H29N. The third kappa shape index (κ3) is 7.27. The largest absolute Gasteiger partial charge is 0.265 e. The number of aryl methyl sites for hydroxylation is 1. The van der Waals surface area contributed by atoms with Crippen molar-refractivity contribution in [2.24, 2.45) is 5.92 Å². The van der Waals surface area contributed by atoms with Crippen LogP contribution in [0.4, 0.5) is 0 Å². The Morgan fingerprint density at radius 3 is 2.39 bits per heavy atom. The lowest BCUT2D eigenvalue weighted by Crippen LogP contribution is -1.98. The van der Waals surface area contributed by atoms with Crippen LogP contribution in [0.3, 0.4) is 0 Å². The number of nitrogens with zero attached hydrogens (tertiary/aromatic N) is 1. The van der Waals surface area contributed by atoms with Crippen LogP contribution >= 0.6 is 0 Å². The molecule has 0 fully saturated rings. The summed E-state index contributed by atoms with van der Waals surface area (Å²) in [5, 5.41) is 0. The highest BCUT2D eigenvalue weighted by molar-refractivity contribution is 5.48. The third-order valence-corrected chi connectivity index (χ3v) is 4.33. The number of rotatable bonds is 10. The highest BCUT2D eigenvalue weighted by atomic mass is 14.6. The van der Waals surface area contributed by atoms with Crippen molar-refractivity contribution < 1.29 is 0 Å². The summed E-state index contributed by atoms with van der Waals surface area (Å²) in [5.74, 6) is 0.698. The number of unbranched alkanes of at least 4 members (excludes halogenated alkanes) is 2. The highest BCUT2D eigenvalue weighted by Gasteiger charge is 2.05. The zero-order valence-corrected chi connectivity index (χ0v) is 14.3. The van der Waals surface area contributed by atoms with E-state index in [9.17, 15) is 0 Å². The van der Waals surface area contributed by atoms with Crippen molar-refractivity contribution in [1.29, 1.82) is 0 Å². The molecule has 1 heterocycles. The number of hydrogen-bond acceptors (Lipinski definition) is 1. The van der Waals surface area contributed by atoms with E-state index in [1.807, 2.05) is 12.4 Å². The first-order valence-electron chi connectivity index (χ1n) is 9.00. The van der Waals surface area contributed by atoms with E-state index in [1.165, 1.54) is 49.7 Å². The van der Waals surface area contributed by atoms with Gasteiger partial charge in [0, 0.05) is 12.4 Å². The van der Waals surface area contributed by atoms with Crippen LogP contribution in [0.1, 0.15) is 56.6 Å². The topological polar surface area (TPSA) is 12.9 Å². The lowest BCUT2D eigenvalue weighted by molar-refractivity contribution is 0.493. The van der Waals surface area contributed by atoms with Crippen molar-refractivity contribution in [1.82, 2.24) is 4.98 Å². The number of allylic oxidation sites excluding steroid dienone is 1. The van der Waals surface area contributed by atoms with Crippen LogP contribution in [0.2, 0.25) is 0 Å². The lowest BCUT2D eigenvalue weighted by Gasteiger charge is -2.12. The van der Waals surface area contributed by atoms with Gasteiger partial charge in [0.15, 0.2) is 0 Å². The van der Waals surface area contributed by atoms with E-state index < -0.39 is 0 Å². The van der Waals surface area contributed by atoms with Gasteiger partial charge in [0.25, 0.3) is 0 Å². The van der Waals surface area contributed by atoms with Gasteiger partial charge >= 0.3 is 0 Å². The molecule has 0 aliphatic carbocycles. The molecule has 0 saturated heterocycles. The summed E-state index contributed by atoms with van der Waals surface area (Å²) < 4.78 is 0. The van der Waals surface area contributed by atoms with Gasteiger partial charge in [0.2, 0.25) is 0 Å². The first-order valence-corrected chi connectivity index (χ1v) is 9.00. The number of pyridine rings is 1. The second-order valence-corrected chi connectivity index (χ2v) is 6.27. The monoisotopic (exact) mass is 307 g/mol. The van der Waals surface area contributed by atoms with Gasteiger partial charge in [-0.05, 0) is 54.9 Å². The van der Waals surface area contributed by atoms with Crippen molar-refractivity contribution in [3.05, 3.63) is 72.1 Å². The van der Waals surface area contributed by atoms with Crippen molar-refractivity contribution >= 4 is 6.08 Å². The van der Waals surface area contributed by atoms with E-state index in [0.717, 1.165) is 6.42 Å². The Morgan fingerprint density at radius 1 is 0.913 bits per heavy atom. The van der Waals surface area contributed by atoms with Gasteiger partial charge in [-0.3, -0.25) is 4.98 Å². The summed E-state index contributed by atoms with van der Waals surface area (Å²) in [6, 6.07) is 14.9. The zero-order chi connectivity index (χ0) is 16.2. The average Bonchev–Trinajstić information content (AvgIpc) is 2.61. The van der Waals surface area contributed by atoms with Crippen molar-refractivity contribution in [2.45, 2.75) is 51.9 Å². The van der Waals surface area contributed by atoms with Crippen molar-refractivity contribution in [3.63, 3.8) is 0 Å². The molecule has 0 bridgehead atoms. The Bertz CT molecular complexity index is 545. The van der Waals surface area contributed by atoms with Gasteiger partial charge in [0.1, 0.15) is 0 Å². The van der Waals surface area contributed by atoms with Gasteiger partial charge in [-0.25, -0.2) is 0 Å². The Kier molecular flexibility index (Phi) is 8.18. The quantitative estimate of drug-likeness (QED) is 0.468. The van der Waals surface area contributed by atoms with Gasteiger partial charge < -0.3 is 0 Å². The number of benzene rings is 1. The summed E-state index contributed by atoms with van der Waals surface area (Å²) in [6.45, 7) is 2.28. The van der Waals surface area contributed by atoms with Gasteiger partial charge in [-0.15, -0.1) is 0 Å². The summed E-state index contributed by atoms with van der Waals surface area (Å²) in [4.78, 5) is 4.09. The SMILES string of the molecule is CCCCCC(/C=C/c1ccccc1)CCCc1ccncc1. The van der Waals surface area contributed by atoms with E-state index >= 15 is 0 Å². The summed E-state index contributed by atoms with van der Waals surface area (Å²) in [5.41, 5.74) is 2.71. The normalized spacial score (nSPS) is 12.6. The maximum Gasteiger partial charge on any atom is 0.0270 e. The minimum atomic E-state index is 0.698. The van der Waals surface area contributed by atoms with Crippen LogP contribution in [0.5, 0.6) is 0 Å². The fourth-order valence-electron chi connectivity index (χ4n) is 2.92. The molecule has 0 N–H and O–H groups in total. The fraction of sp³-hybridized carbons (Fsp3) is 0.409. The predicted octanol–water partition coefficient (Wildman–Crippen LogP) is 6.31. The van der Waals surface area contributed by atoms with Gasteiger partial charge in [0.05, 0.1) is 0 Å². The van der Waals surface area contributed by atoms with Crippen LogP contribution in [-0.4, -0.2) is 4.98 Å². The van der Waals surface area contributed by atoms with E-state index in [4.69, 9.17) is 0 Å². The van der Waals surface area contributed by atoms with E-state index in [-0.39, 0.29) is 0 Å². The first-order chi connectivity index (χ1) is 11.4. The second-order valence-electron chi connectivity index (χ2n) is 6.27. The molecule has 2 aromatic rings. The maximum absolute atomic E-state index is 4.09. The minimum absolute atomic E-state index is 0.698. The Morgan fingerprint density at radius 2 is 1.65 bits per heavy atom. The van der Waals surface area contributed by atoms with Crippen LogP contribution < -0.4 is 0 Å². The van der Waals surface area contributed by atoms with E-state index in [0.29, 0.717) is 5.92 Å². The molecule has 122 valence electrons. The minimum Gasteiger partial charge on any atom is -0.265 e. The molecule has 1 aromatic heterocycles. The zero-order valence-electron chi connectivity index (χ0n) is 14.3. The molecule has 0 aliphatic heterocycles. The predicted molar refractivity (Wildman–Crippen MR) is 100 cm³/mol.